The summed E-state index contributed by atoms with van der Waals surface area (Å²) in [6.07, 6.45) is 2.71. The smallest absolute Gasteiger partial charge is 0.0930 e. The van der Waals surface area contributed by atoms with Gasteiger partial charge in [-0.1, -0.05) is 42.5 Å². The molecule has 1 aromatic carbocycles. The molecule has 0 aliphatic carbocycles. The Labute approximate surface area is 103 Å². The number of aliphatic hydroxyl groups excluding tert-OH is 1. The Hall–Kier alpha value is -1.38. The van der Waals surface area contributed by atoms with Gasteiger partial charge in [0, 0.05) is 5.92 Å². The van der Waals surface area contributed by atoms with Gasteiger partial charge in [-0.3, -0.25) is 0 Å². The Kier molecular flexibility index (Phi) is 4.67. The maximum atomic E-state index is 10.3. The molecule has 0 aliphatic heterocycles. The molecule has 0 amide bonds. The minimum atomic E-state index is -1.20. The third-order valence-electron chi connectivity index (χ3n) is 2.97. The van der Waals surface area contributed by atoms with Gasteiger partial charge in [-0.2, -0.15) is 0 Å². The van der Waals surface area contributed by atoms with Crippen LogP contribution in [0.3, 0.4) is 0 Å². The molecule has 0 fully saturated rings. The van der Waals surface area contributed by atoms with E-state index in [9.17, 15) is 10.2 Å². The van der Waals surface area contributed by atoms with Crippen molar-refractivity contribution in [2.45, 2.75) is 31.0 Å². The fraction of sp³-hybridized carbons (Fsp3) is 0.333. The molecule has 0 radical (unpaired) electrons. The highest BCUT2D eigenvalue weighted by Crippen LogP contribution is 2.29. The summed E-state index contributed by atoms with van der Waals surface area (Å²) in [5, 5.41) is 20.4. The molecule has 0 aromatic heterocycles. The van der Waals surface area contributed by atoms with Gasteiger partial charge in [0.25, 0.3) is 0 Å². The second-order valence-corrected chi connectivity index (χ2v) is 4.47. The van der Waals surface area contributed by atoms with Crippen LogP contribution in [0.15, 0.2) is 55.6 Å². The summed E-state index contributed by atoms with van der Waals surface area (Å²) < 4.78 is 0. The van der Waals surface area contributed by atoms with Crippen molar-refractivity contribution in [3.05, 3.63) is 61.2 Å². The summed E-state index contributed by atoms with van der Waals surface area (Å²) in [6, 6.07) is 9.55. The second kappa shape index (κ2) is 5.80. The molecule has 2 nitrogen and oxygen atoms in total. The van der Waals surface area contributed by atoms with Crippen LogP contribution >= 0.6 is 0 Å². The van der Waals surface area contributed by atoms with Crippen molar-refractivity contribution in [1.29, 1.82) is 0 Å². The molecular weight excluding hydrogens is 212 g/mol. The van der Waals surface area contributed by atoms with Gasteiger partial charge >= 0.3 is 0 Å². The predicted octanol–water partition coefficient (Wildman–Crippen LogP) is 2.64. The van der Waals surface area contributed by atoms with Crippen LogP contribution in [-0.2, 0) is 0 Å². The van der Waals surface area contributed by atoms with Gasteiger partial charge in [0.05, 0.1) is 11.7 Å². The van der Waals surface area contributed by atoms with Crippen LogP contribution in [-0.4, -0.2) is 21.9 Å². The highest BCUT2D eigenvalue weighted by Gasteiger charge is 2.34. The van der Waals surface area contributed by atoms with E-state index in [0.717, 1.165) is 5.56 Å². The van der Waals surface area contributed by atoms with Gasteiger partial charge in [-0.15, -0.1) is 13.2 Å². The maximum Gasteiger partial charge on any atom is 0.0930 e. The van der Waals surface area contributed by atoms with E-state index < -0.39 is 11.7 Å². The van der Waals surface area contributed by atoms with Crippen molar-refractivity contribution in [3.8, 4) is 0 Å². The largest absolute Gasteiger partial charge is 0.389 e. The van der Waals surface area contributed by atoms with Gasteiger partial charge in [0.1, 0.15) is 0 Å². The number of benzene rings is 1. The molecule has 3 atom stereocenters. The third-order valence-corrected chi connectivity index (χ3v) is 2.97. The van der Waals surface area contributed by atoms with E-state index in [1.54, 1.807) is 19.1 Å². The lowest BCUT2D eigenvalue weighted by molar-refractivity contribution is -0.0652. The zero-order valence-corrected chi connectivity index (χ0v) is 10.2. The van der Waals surface area contributed by atoms with E-state index in [-0.39, 0.29) is 5.92 Å². The molecule has 0 saturated carbocycles. The fourth-order valence-corrected chi connectivity index (χ4v) is 1.92. The lowest BCUT2D eigenvalue weighted by Crippen LogP contribution is -2.42. The molecule has 2 heteroatoms. The van der Waals surface area contributed by atoms with Crippen molar-refractivity contribution in [2.75, 3.05) is 0 Å². The summed E-state index contributed by atoms with van der Waals surface area (Å²) in [5.41, 5.74) is -0.254. The van der Waals surface area contributed by atoms with Crippen molar-refractivity contribution >= 4 is 0 Å². The van der Waals surface area contributed by atoms with E-state index in [1.807, 2.05) is 30.3 Å². The predicted molar refractivity (Wildman–Crippen MR) is 70.8 cm³/mol. The van der Waals surface area contributed by atoms with E-state index >= 15 is 0 Å². The highest BCUT2D eigenvalue weighted by molar-refractivity contribution is 5.26. The number of rotatable bonds is 6. The molecule has 92 valence electrons. The van der Waals surface area contributed by atoms with Gasteiger partial charge in [-0.05, 0) is 18.9 Å². The Morgan fingerprint density at radius 3 is 2.35 bits per heavy atom. The van der Waals surface area contributed by atoms with Crippen molar-refractivity contribution < 1.29 is 10.2 Å². The van der Waals surface area contributed by atoms with E-state index in [1.165, 1.54) is 0 Å². The van der Waals surface area contributed by atoms with Crippen molar-refractivity contribution in [2.24, 2.45) is 0 Å². The summed E-state index contributed by atoms with van der Waals surface area (Å²) in [7, 11) is 0. The first-order chi connectivity index (χ1) is 8.03. The van der Waals surface area contributed by atoms with Crippen LogP contribution in [0.4, 0.5) is 0 Å². The van der Waals surface area contributed by atoms with Gasteiger partial charge in [0.2, 0.25) is 0 Å². The molecule has 17 heavy (non-hydrogen) atoms. The molecule has 1 aromatic rings. The van der Waals surface area contributed by atoms with Crippen LogP contribution in [0.25, 0.3) is 0 Å². The van der Waals surface area contributed by atoms with Crippen molar-refractivity contribution in [1.82, 2.24) is 0 Å². The monoisotopic (exact) mass is 232 g/mol. The van der Waals surface area contributed by atoms with Crippen LogP contribution in [0.1, 0.15) is 24.8 Å². The minimum Gasteiger partial charge on any atom is -0.389 e. The Balaban J connectivity index is 2.95. The first kappa shape index (κ1) is 13.7. The summed E-state index contributed by atoms with van der Waals surface area (Å²) in [4.78, 5) is 0. The summed E-state index contributed by atoms with van der Waals surface area (Å²) in [5.74, 6) is -0.286. The first-order valence-electron chi connectivity index (χ1n) is 5.71. The standard InChI is InChI=1S/C15H20O2/c1-4-11-15(3,17)14(16)13(5-2)12-9-7-6-8-10-12/h4-10,13-14,16-17H,1-2,11H2,3H3/t13-,14+,15+/m1/s1. The maximum absolute atomic E-state index is 10.3. The fourth-order valence-electron chi connectivity index (χ4n) is 1.92. The Bertz CT molecular complexity index is 368. The van der Waals surface area contributed by atoms with Gasteiger partial charge < -0.3 is 10.2 Å². The first-order valence-corrected chi connectivity index (χ1v) is 5.71. The van der Waals surface area contributed by atoms with Crippen LogP contribution < -0.4 is 0 Å². The van der Waals surface area contributed by atoms with Gasteiger partial charge in [-0.25, -0.2) is 0 Å². The van der Waals surface area contributed by atoms with E-state index in [4.69, 9.17) is 0 Å². The molecule has 0 bridgehead atoms. The molecular formula is C15H20O2. The number of aliphatic hydroxyl groups is 2. The minimum absolute atomic E-state index is 0.286. The zero-order chi connectivity index (χ0) is 12.9. The van der Waals surface area contributed by atoms with E-state index in [0.29, 0.717) is 6.42 Å². The zero-order valence-electron chi connectivity index (χ0n) is 10.2. The summed E-state index contributed by atoms with van der Waals surface area (Å²) in [6.45, 7) is 8.93. The lowest BCUT2D eigenvalue weighted by atomic mass is 9.82. The number of hydrogen-bond donors (Lipinski definition) is 2. The normalized spacial score (nSPS) is 17.8. The Morgan fingerprint density at radius 1 is 1.29 bits per heavy atom. The molecule has 2 N–H and O–H groups in total. The third kappa shape index (κ3) is 3.29. The molecule has 0 spiro atoms. The Morgan fingerprint density at radius 2 is 1.88 bits per heavy atom. The average Bonchev–Trinajstić information content (AvgIpc) is 2.31. The van der Waals surface area contributed by atoms with Crippen LogP contribution in [0, 0.1) is 0 Å². The van der Waals surface area contributed by atoms with E-state index in [2.05, 4.69) is 13.2 Å². The van der Waals surface area contributed by atoms with Gasteiger partial charge in [0.15, 0.2) is 0 Å². The van der Waals surface area contributed by atoms with Crippen molar-refractivity contribution in [3.63, 3.8) is 0 Å². The molecule has 0 aliphatic rings. The lowest BCUT2D eigenvalue weighted by Gasteiger charge is -2.33. The highest BCUT2D eigenvalue weighted by atomic mass is 16.3. The molecule has 1 rings (SSSR count). The molecule has 0 unspecified atom stereocenters. The van der Waals surface area contributed by atoms with Crippen LogP contribution in [0.2, 0.25) is 0 Å². The molecule has 0 heterocycles. The summed E-state index contributed by atoms with van der Waals surface area (Å²) >= 11 is 0. The second-order valence-electron chi connectivity index (χ2n) is 4.47. The quantitative estimate of drug-likeness (QED) is 0.740. The SMILES string of the molecule is C=CC[C@](C)(O)[C@@H](O)[C@H](C=C)c1ccccc1. The number of hydrogen-bond acceptors (Lipinski definition) is 2. The topological polar surface area (TPSA) is 40.5 Å². The van der Waals surface area contributed by atoms with Crippen LogP contribution in [0.5, 0.6) is 0 Å². The molecule has 0 saturated heterocycles. The average molecular weight is 232 g/mol.